The van der Waals surface area contributed by atoms with E-state index in [0.29, 0.717) is 16.2 Å². The van der Waals surface area contributed by atoms with Gasteiger partial charge in [0, 0.05) is 17.7 Å². The van der Waals surface area contributed by atoms with Gasteiger partial charge >= 0.3 is 5.97 Å². The van der Waals surface area contributed by atoms with Crippen molar-refractivity contribution in [2.75, 3.05) is 10.2 Å². The molecule has 0 saturated carbocycles. The van der Waals surface area contributed by atoms with Crippen molar-refractivity contribution in [1.29, 1.82) is 0 Å². The van der Waals surface area contributed by atoms with E-state index in [0.717, 1.165) is 11.8 Å². The number of phenols is 1. The minimum absolute atomic E-state index is 0.0427. The summed E-state index contributed by atoms with van der Waals surface area (Å²) in [5, 5.41) is 32.5. The number of aromatic carboxylic acids is 1. The molecule has 1 heterocycles. The summed E-state index contributed by atoms with van der Waals surface area (Å²) in [4.78, 5) is 48.6. The predicted molar refractivity (Wildman–Crippen MR) is 138 cm³/mol. The van der Waals surface area contributed by atoms with Gasteiger partial charge in [-0.1, -0.05) is 42.2 Å². The fourth-order valence-electron chi connectivity index (χ4n) is 3.31. The average Bonchev–Trinajstić information content (AvgIpc) is 3.13. The number of thiocarbonyl (C=S) groups is 1. The van der Waals surface area contributed by atoms with E-state index in [2.05, 4.69) is 5.32 Å². The summed E-state index contributed by atoms with van der Waals surface area (Å²) in [5.74, 6) is -2.82. The molecule has 0 spiro atoms. The Kier molecular flexibility index (Phi) is 6.81. The van der Waals surface area contributed by atoms with Crippen molar-refractivity contribution in [1.82, 2.24) is 0 Å². The Morgan fingerprint density at radius 3 is 2.33 bits per heavy atom. The molecule has 4 rings (SSSR count). The van der Waals surface area contributed by atoms with Crippen LogP contribution in [0.4, 0.5) is 17.1 Å². The molecule has 0 bridgehead atoms. The van der Waals surface area contributed by atoms with Crippen LogP contribution in [-0.4, -0.2) is 37.2 Å². The first-order chi connectivity index (χ1) is 17.2. The van der Waals surface area contributed by atoms with Crippen molar-refractivity contribution in [3.8, 4) is 5.75 Å². The van der Waals surface area contributed by atoms with Crippen LogP contribution in [0.1, 0.15) is 26.3 Å². The Morgan fingerprint density at radius 2 is 1.72 bits per heavy atom. The number of hydrogen-bond acceptors (Lipinski definition) is 8. The fourth-order valence-corrected chi connectivity index (χ4v) is 4.61. The number of anilines is 2. The van der Waals surface area contributed by atoms with E-state index in [4.69, 9.17) is 17.3 Å². The summed E-state index contributed by atoms with van der Waals surface area (Å²) in [6.45, 7) is 0. The van der Waals surface area contributed by atoms with E-state index in [1.165, 1.54) is 59.5 Å². The zero-order chi connectivity index (χ0) is 26.0. The number of rotatable bonds is 6. The van der Waals surface area contributed by atoms with Gasteiger partial charge in [-0.15, -0.1) is 0 Å². The van der Waals surface area contributed by atoms with Crippen LogP contribution >= 0.6 is 24.0 Å². The Labute approximate surface area is 213 Å². The minimum atomic E-state index is -1.33. The van der Waals surface area contributed by atoms with Crippen LogP contribution in [0.3, 0.4) is 0 Å². The highest BCUT2D eigenvalue weighted by atomic mass is 32.2. The molecular formula is C24H15N3O7S2. The molecule has 3 aromatic rings. The maximum Gasteiger partial charge on any atom is 0.339 e. The molecule has 1 aliphatic rings. The standard InChI is InChI=1S/C24H15N3O7S2/c28-20-17(23(31)32)2-1-3-18(20)25-21(29)14-6-4-13(5-7-14)12-19-22(30)26(24(35)36-19)15-8-10-16(11-9-15)27(33)34/h1-12,28H,(H,25,29)(H,31,32)/b19-12-. The lowest BCUT2D eigenvalue weighted by Crippen LogP contribution is -2.27. The number of nitro benzene ring substituents is 1. The predicted octanol–water partition coefficient (Wildman–Crippen LogP) is 4.66. The summed E-state index contributed by atoms with van der Waals surface area (Å²) < 4.78 is 0.277. The van der Waals surface area contributed by atoms with E-state index in [9.17, 15) is 29.6 Å². The van der Waals surface area contributed by atoms with E-state index in [1.54, 1.807) is 18.2 Å². The van der Waals surface area contributed by atoms with Gasteiger partial charge in [-0.3, -0.25) is 24.6 Å². The van der Waals surface area contributed by atoms with Crippen molar-refractivity contribution in [3.63, 3.8) is 0 Å². The highest BCUT2D eigenvalue weighted by molar-refractivity contribution is 8.27. The van der Waals surface area contributed by atoms with Gasteiger partial charge in [0.05, 0.1) is 21.2 Å². The maximum atomic E-state index is 12.9. The molecule has 0 unspecified atom stereocenters. The summed E-state index contributed by atoms with van der Waals surface area (Å²) in [5.41, 5.74) is 0.785. The second-order valence-corrected chi connectivity index (χ2v) is 9.05. The zero-order valence-electron chi connectivity index (χ0n) is 18.1. The van der Waals surface area contributed by atoms with Crippen LogP contribution in [0, 0.1) is 10.1 Å². The van der Waals surface area contributed by atoms with Crippen LogP contribution in [0.25, 0.3) is 6.08 Å². The largest absolute Gasteiger partial charge is 0.505 e. The average molecular weight is 522 g/mol. The van der Waals surface area contributed by atoms with Crippen molar-refractivity contribution in [2.24, 2.45) is 0 Å². The Hall–Kier alpha value is -4.55. The molecule has 1 aliphatic heterocycles. The number of nitrogens with zero attached hydrogens (tertiary/aromatic N) is 2. The number of amides is 2. The number of carbonyl (C=O) groups is 3. The van der Waals surface area contributed by atoms with Crippen LogP contribution in [0.15, 0.2) is 71.6 Å². The van der Waals surface area contributed by atoms with Gasteiger partial charge in [-0.25, -0.2) is 4.79 Å². The topological polar surface area (TPSA) is 150 Å². The molecule has 0 radical (unpaired) electrons. The summed E-state index contributed by atoms with van der Waals surface area (Å²) in [6.07, 6.45) is 1.61. The lowest BCUT2D eigenvalue weighted by atomic mass is 10.1. The first kappa shape index (κ1) is 24.6. The van der Waals surface area contributed by atoms with Gasteiger partial charge in [-0.05, 0) is 48.0 Å². The molecule has 2 amide bonds. The molecule has 3 N–H and O–H groups in total. The minimum Gasteiger partial charge on any atom is -0.505 e. The van der Waals surface area contributed by atoms with Gasteiger partial charge < -0.3 is 15.5 Å². The zero-order valence-corrected chi connectivity index (χ0v) is 19.7. The third kappa shape index (κ3) is 4.94. The van der Waals surface area contributed by atoms with Gasteiger partial charge in [0.1, 0.15) is 5.56 Å². The number of nitro groups is 1. The molecule has 0 atom stereocenters. The van der Waals surface area contributed by atoms with Gasteiger partial charge in [0.2, 0.25) is 0 Å². The van der Waals surface area contributed by atoms with Crippen molar-refractivity contribution in [2.45, 2.75) is 0 Å². The first-order valence-corrected chi connectivity index (χ1v) is 11.4. The summed E-state index contributed by atoms with van der Waals surface area (Å²) >= 11 is 6.39. The van der Waals surface area contributed by atoms with Crippen molar-refractivity contribution >= 4 is 69.2 Å². The fraction of sp³-hybridized carbons (Fsp3) is 0. The highest BCUT2D eigenvalue weighted by Gasteiger charge is 2.33. The van der Waals surface area contributed by atoms with Gasteiger partial charge in [-0.2, -0.15) is 0 Å². The van der Waals surface area contributed by atoms with Crippen LogP contribution in [-0.2, 0) is 4.79 Å². The first-order valence-electron chi connectivity index (χ1n) is 10.1. The lowest BCUT2D eigenvalue weighted by molar-refractivity contribution is -0.384. The normalized spacial score (nSPS) is 14.2. The highest BCUT2D eigenvalue weighted by Crippen LogP contribution is 2.36. The maximum absolute atomic E-state index is 12.9. The Bertz CT molecular complexity index is 1450. The van der Waals surface area contributed by atoms with Crippen molar-refractivity contribution < 1.29 is 29.5 Å². The third-order valence-electron chi connectivity index (χ3n) is 5.10. The monoisotopic (exact) mass is 521 g/mol. The molecular weight excluding hydrogens is 506 g/mol. The van der Waals surface area contributed by atoms with Crippen LogP contribution < -0.4 is 10.2 Å². The molecule has 1 saturated heterocycles. The number of non-ortho nitro benzene ring substituents is 1. The second-order valence-electron chi connectivity index (χ2n) is 7.37. The molecule has 10 nitrogen and oxygen atoms in total. The molecule has 3 aromatic carbocycles. The summed E-state index contributed by atoms with van der Waals surface area (Å²) in [7, 11) is 0. The van der Waals surface area contributed by atoms with Gasteiger partial charge in [0.25, 0.3) is 17.5 Å². The number of carbonyl (C=O) groups excluding carboxylic acids is 2. The molecule has 180 valence electrons. The number of benzene rings is 3. The van der Waals surface area contributed by atoms with E-state index in [1.807, 2.05) is 0 Å². The number of carboxylic acid groups (broad SMARTS) is 1. The van der Waals surface area contributed by atoms with E-state index < -0.39 is 22.5 Å². The lowest BCUT2D eigenvalue weighted by Gasteiger charge is -2.13. The number of thioether (sulfide) groups is 1. The number of nitrogens with one attached hydrogen (secondary N) is 1. The number of para-hydroxylation sites is 1. The van der Waals surface area contributed by atoms with Crippen LogP contribution in [0.2, 0.25) is 0 Å². The van der Waals surface area contributed by atoms with Crippen molar-refractivity contribution in [3.05, 3.63) is 98.4 Å². The molecule has 36 heavy (non-hydrogen) atoms. The SMILES string of the molecule is O=C(Nc1cccc(C(=O)O)c1O)c1ccc(/C=C2\SC(=S)N(c3ccc([N+](=O)[O-])cc3)C2=O)cc1. The van der Waals surface area contributed by atoms with E-state index >= 15 is 0 Å². The number of aromatic hydroxyl groups is 1. The van der Waals surface area contributed by atoms with Gasteiger partial charge in [0.15, 0.2) is 10.1 Å². The summed E-state index contributed by atoms with van der Waals surface area (Å²) in [6, 6.07) is 15.7. The molecule has 1 fully saturated rings. The molecule has 0 aromatic heterocycles. The number of hydrogen-bond donors (Lipinski definition) is 3. The number of carboxylic acids is 1. The second kappa shape index (κ2) is 9.98. The van der Waals surface area contributed by atoms with Crippen LogP contribution in [0.5, 0.6) is 5.75 Å². The smallest absolute Gasteiger partial charge is 0.339 e. The molecule has 12 heteroatoms. The Morgan fingerprint density at radius 1 is 1.06 bits per heavy atom. The Balaban J connectivity index is 1.49. The quantitative estimate of drug-likeness (QED) is 0.138. The molecule has 0 aliphatic carbocycles. The third-order valence-corrected chi connectivity index (χ3v) is 6.40. The van der Waals surface area contributed by atoms with E-state index in [-0.39, 0.29) is 32.7 Å².